The normalized spacial score (nSPS) is 20.8. The van der Waals surface area contributed by atoms with Gasteiger partial charge in [0.2, 0.25) is 0 Å². The Bertz CT molecular complexity index is 707. The zero-order valence-electron chi connectivity index (χ0n) is 13.0. The molecule has 4 rings (SSSR count). The molecule has 2 aromatic rings. The lowest BCUT2D eigenvalue weighted by Gasteiger charge is -2.32. The molecule has 1 fully saturated rings. The molecule has 23 heavy (non-hydrogen) atoms. The molecule has 1 saturated heterocycles. The molecule has 1 aliphatic carbocycles. The molecule has 0 amide bonds. The van der Waals surface area contributed by atoms with Crippen LogP contribution in [0, 0.1) is 11.3 Å². The predicted octanol–water partition coefficient (Wildman–Crippen LogP) is 3.07. The number of nitriles is 1. The van der Waals surface area contributed by atoms with E-state index in [1.54, 1.807) is 6.07 Å². The number of aromatic nitrogens is 3. The van der Waals surface area contributed by atoms with E-state index >= 15 is 0 Å². The van der Waals surface area contributed by atoms with E-state index in [2.05, 4.69) is 15.1 Å². The molecule has 1 aliphatic heterocycles. The summed E-state index contributed by atoms with van der Waals surface area (Å²) in [7, 11) is 0. The number of rotatable bonds is 2. The van der Waals surface area contributed by atoms with Crippen molar-refractivity contribution < 1.29 is 0 Å². The summed E-state index contributed by atoms with van der Waals surface area (Å²) in [5.74, 6) is 1.37. The lowest BCUT2D eigenvalue weighted by atomic mass is 9.98. The summed E-state index contributed by atoms with van der Waals surface area (Å²) in [6.07, 6.45) is 7.32. The van der Waals surface area contributed by atoms with Gasteiger partial charge in [0, 0.05) is 23.9 Å². The minimum absolute atomic E-state index is 0.370. The molecule has 118 valence electrons. The fraction of sp³-hybridized carbons (Fsp3) is 0.529. The fourth-order valence-electron chi connectivity index (χ4n) is 3.49. The van der Waals surface area contributed by atoms with Crippen molar-refractivity contribution in [3.8, 4) is 6.07 Å². The van der Waals surface area contributed by atoms with Gasteiger partial charge in [0.1, 0.15) is 6.07 Å². The first-order chi connectivity index (χ1) is 11.3. The van der Waals surface area contributed by atoms with Gasteiger partial charge in [0.05, 0.1) is 10.7 Å². The summed E-state index contributed by atoms with van der Waals surface area (Å²) < 4.78 is 0. The summed E-state index contributed by atoms with van der Waals surface area (Å²) >= 11 is 1.93. The first kappa shape index (κ1) is 14.6. The Morgan fingerprint density at radius 3 is 2.87 bits per heavy atom. The molecule has 2 aliphatic rings. The third-order valence-electron chi connectivity index (χ3n) is 4.72. The van der Waals surface area contributed by atoms with Crippen molar-refractivity contribution in [3.05, 3.63) is 33.4 Å². The maximum Gasteiger partial charge on any atom is 0.163 e. The first-order valence-corrected chi connectivity index (χ1v) is 9.12. The van der Waals surface area contributed by atoms with E-state index in [4.69, 9.17) is 10.2 Å². The highest BCUT2D eigenvalue weighted by Crippen LogP contribution is 2.35. The molecule has 3 heterocycles. The molecular formula is C17H19N5S. The van der Waals surface area contributed by atoms with E-state index < -0.39 is 0 Å². The van der Waals surface area contributed by atoms with Crippen molar-refractivity contribution in [3.63, 3.8) is 0 Å². The number of fused-ring (bicyclic) bond motifs is 1. The second kappa shape index (κ2) is 6.25. The van der Waals surface area contributed by atoms with Crippen LogP contribution in [0.15, 0.2) is 12.1 Å². The molecule has 0 aromatic carbocycles. The maximum atomic E-state index is 8.84. The molecule has 5 nitrogen and oxygen atoms in total. The van der Waals surface area contributed by atoms with Gasteiger partial charge in [-0.2, -0.15) is 5.26 Å². The van der Waals surface area contributed by atoms with Gasteiger partial charge in [-0.05, 0) is 50.7 Å². The molecule has 0 N–H and O–H groups in total. The molecule has 2 aromatic heterocycles. The molecule has 6 heteroatoms. The highest BCUT2D eigenvalue weighted by molar-refractivity contribution is 7.11. The molecule has 0 radical (unpaired) electrons. The lowest BCUT2D eigenvalue weighted by molar-refractivity contribution is 0.503. The number of thiazole rings is 1. The van der Waals surface area contributed by atoms with Crippen LogP contribution in [0.1, 0.15) is 52.9 Å². The SMILES string of the molecule is N#Cc1ccc(N2CCC[C@H](c3nc4c(s3)CCCC4)C2)nn1. The van der Waals surface area contributed by atoms with Crippen LogP contribution in [0.2, 0.25) is 0 Å². The van der Waals surface area contributed by atoms with Gasteiger partial charge in [-0.3, -0.25) is 0 Å². The highest BCUT2D eigenvalue weighted by atomic mass is 32.1. The van der Waals surface area contributed by atoms with E-state index in [1.807, 2.05) is 23.5 Å². The van der Waals surface area contributed by atoms with E-state index in [0.717, 1.165) is 31.7 Å². The number of nitrogens with zero attached hydrogens (tertiary/aromatic N) is 5. The van der Waals surface area contributed by atoms with Gasteiger partial charge < -0.3 is 4.90 Å². The first-order valence-electron chi connectivity index (χ1n) is 8.31. The van der Waals surface area contributed by atoms with Gasteiger partial charge in [0.15, 0.2) is 11.5 Å². The van der Waals surface area contributed by atoms with Gasteiger partial charge in [-0.25, -0.2) is 4.98 Å². The van der Waals surface area contributed by atoms with Crippen molar-refractivity contribution in [2.24, 2.45) is 0 Å². The second-order valence-corrected chi connectivity index (χ2v) is 7.42. The Hall–Kier alpha value is -2.00. The Balaban J connectivity index is 1.52. The second-order valence-electron chi connectivity index (χ2n) is 6.30. The number of piperidine rings is 1. The van der Waals surface area contributed by atoms with E-state index in [0.29, 0.717) is 11.6 Å². The molecule has 0 unspecified atom stereocenters. The summed E-state index contributed by atoms with van der Waals surface area (Å²) in [5, 5.41) is 18.3. The Morgan fingerprint density at radius 2 is 2.09 bits per heavy atom. The Labute approximate surface area is 140 Å². The monoisotopic (exact) mass is 325 g/mol. The summed E-state index contributed by atoms with van der Waals surface area (Å²) in [4.78, 5) is 8.74. The zero-order valence-corrected chi connectivity index (χ0v) is 13.8. The summed E-state index contributed by atoms with van der Waals surface area (Å²) in [5.41, 5.74) is 1.72. The molecule has 0 saturated carbocycles. The van der Waals surface area contributed by atoms with Crippen LogP contribution < -0.4 is 4.90 Å². The zero-order chi connectivity index (χ0) is 15.6. The van der Waals surface area contributed by atoms with Crippen molar-refractivity contribution in [2.45, 2.75) is 44.4 Å². The third kappa shape index (κ3) is 2.93. The Morgan fingerprint density at radius 1 is 1.17 bits per heavy atom. The van der Waals surface area contributed by atoms with Crippen molar-refractivity contribution >= 4 is 17.2 Å². The molecule has 0 spiro atoms. The number of hydrogen-bond donors (Lipinski definition) is 0. The van der Waals surface area contributed by atoms with Crippen LogP contribution in [-0.4, -0.2) is 28.3 Å². The largest absolute Gasteiger partial charge is 0.354 e. The van der Waals surface area contributed by atoms with Crippen LogP contribution >= 0.6 is 11.3 Å². The molecule has 1 atom stereocenters. The van der Waals surface area contributed by atoms with Gasteiger partial charge in [0.25, 0.3) is 0 Å². The van der Waals surface area contributed by atoms with Gasteiger partial charge in [-0.15, -0.1) is 21.5 Å². The van der Waals surface area contributed by atoms with E-state index in [-0.39, 0.29) is 0 Å². The smallest absolute Gasteiger partial charge is 0.163 e. The van der Waals surface area contributed by atoms with Crippen LogP contribution in [0.3, 0.4) is 0 Å². The van der Waals surface area contributed by atoms with E-state index in [9.17, 15) is 0 Å². The van der Waals surface area contributed by atoms with E-state index in [1.165, 1.54) is 41.3 Å². The van der Waals surface area contributed by atoms with Gasteiger partial charge in [-0.1, -0.05) is 0 Å². The Kier molecular flexibility index (Phi) is 3.96. The molecular weight excluding hydrogens is 306 g/mol. The van der Waals surface area contributed by atoms with Gasteiger partial charge >= 0.3 is 0 Å². The highest BCUT2D eigenvalue weighted by Gasteiger charge is 2.26. The maximum absolute atomic E-state index is 8.84. The topological polar surface area (TPSA) is 65.7 Å². The van der Waals surface area contributed by atoms with Crippen LogP contribution in [-0.2, 0) is 12.8 Å². The number of hydrogen-bond acceptors (Lipinski definition) is 6. The minimum atomic E-state index is 0.370. The quantitative estimate of drug-likeness (QED) is 0.849. The van der Waals surface area contributed by atoms with Crippen molar-refractivity contribution in [1.82, 2.24) is 15.2 Å². The minimum Gasteiger partial charge on any atom is -0.354 e. The predicted molar refractivity (Wildman–Crippen MR) is 89.7 cm³/mol. The number of anilines is 1. The van der Waals surface area contributed by atoms with Crippen LogP contribution in [0.25, 0.3) is 0 Å². The lowest BCUT2D eigenvalue weighted by Crippen LogP contribution is -2.35. The average Bonchev–Trinajstić information content (AvgIpc) is 3.06. The fourth-order valence-corrected chi connectivity index (χ4v) is 4.77. The third-order valence-corrected chi connectivity index (χ3v) is 6.04. The summed E-state index contributed by atoms with van der Waals surface area (Å²) in [6, 6.07) is 5.67. The molecule has 0 bridgehead atoms. The average molecular weight is 325 g/mol. The van der Waals surface area contributed by atoms with Crippen molar-refractivity contribution in [2.75, 3.05) is 18.0 Å². The van der Waals surface area contributed by atoms with Crippen LogP contribution in [0.5, 0.6) is 0 Å². The van der Waals surface area contributed by atoms with Crippen LogP contribution in [0.4, 0.5) is 5.82 Å². The number of aryl methyl sites for hydroxylation is 2. The standard InChI is InChI=1S/C17H19N5S/c18-10-13-7-8-16(21-20-13)22-9-3-4-12(11-22)17-19-14-5-1-2-6-15(14)23-17/h7-8,12H,1-6,9,11H2/t12-/m0/s1. The van der Waals surface area contributed by atoms with Crippen molar-refractivity contribution in [1.29, 1.82) is 5.26 Å². The summed E-state index contributed by atoms with van der Waals surface area (Å²) in [6.45, 7) is 1.95.